The van der Waals surface area contributed by atoms with Gasteiger partial charge in [0.25, 0.3) is 0 Å². The molecule has 3 rings (SSSR count). The van der Waals surface area contributed by atoms with E-state index in [2.05, 4.69) is 28.1 Å². The number of anilines is 1. The van der Waals surface area contributed by atoms with Crippen LogP contribution >= 0.6 is 23.5 Å². The summed E-state index contributed by atoms with van der Waals surface area (Å²) in [5.74, 6) is 0.435. The molecule has 0 aliphatic carbocycles. The lowest BCUT2D eigenvalue weighted by Gasteiger charge is -2.23. The standard InChI is InChI=1S/C16H28N5O15P3/c1-31-5-3-20(4-6-32-2)14-11-15(18-8-17-14)21(9-19-11)16-13(23)12(22)10(34-16)7-33-38(27,28)36-39(29,30)35-37(24,25)26/h8-10,12-13,16,22-23H,3-7H2,1-2H3,(H,27,28)(H,29,30)(H2,24,25,26)/t10-,12-,13-,16-/m1/s1. The highest BCUT2D eigenvalue weighted by molar-refractivity contribution is 7.66. The quantitative estimate of drug-likeness (QED) is 0.128. The minimum atomic E-state index is -5.73. The molecular formula is C16H28N5O15P3. The van der Waals surface area contributed by atoms with Crippen LogP contribution in [0.1, 0.15) is 6.23 Å². The van der Waals surface area contributed by atoms with E-state index in [1.807, 2.05) is 4.90 Å². The molecular weight excluding hydrogens is 595 g/mol. The average Bonchev–Trinajstić information content (AvgIpc) is 3.36. The number of aromatic nitrogens is 4. The van der Waals surface area contributed by atoms with Crippen molar-refractivity contribution >= 4 is 40.4 Å². The summed E-state index contributed by atoms with van der Waals surface area (Å²) in [5, 5.41) is 21.0. The Hall–Kier alpha value is -1.44. The lowest BCUT2D eigenvalue weighted by Crippen LogP contribution is -2.33. The third-order valence-electron chi connectivity index (χ3n) is 5.20. The van der Waals surface area contributed by atoms with Crippen molar-refractivity contribution in [2.75, 3.05) is 52.0 Å². The molecule has 3 heterocycles. The van der Waals surface area contributed by atoms with Gasteiger partial charge in [-0.2, -0.15) is 8.62 Å². The second kappa shape index (κ2) is 13.0. The summed E-state index contributed by atoms with van der Waals surface area (Å²) in [5.41, 5.74) is 0.538. The number of nitrogens with zero attached hydrogens (tertiary/aromatic N) is 5. The Kier molecular flexibility index (Phi) is 10.7. The Morgan fingerprint density at radius 1 is 0.949 bits per heavy atom. The molecule has 1 saturated heterocycles. The SMILES string of the molecule is COCCN(CCOC)c1ncnc2c1ncn2[C@@H]1O[C@H](COP(=O)(O)OP(=O)(O)OP(=O)(O)O)[C@@H](O)[C@H]1O. The summed E-state index contributed by atoms with van der Waals surface area (Å²) in [4.78, 5) is 50.7. The van der Waals surface area contributed by atoms with Gasteiger partial charge in [0.2, 0.25) is 0 Å². The van der Waals surface area contributed by atoms with E-state index in [1.54, 1.807) is 14.2 Å². The Morgan fingerprint density at radius 3 is 2.18 bits per heavy atom. The molecule has 6 N–H and O–H groups in total. The van der Waals surface area contributed by atoms with Gasteiger partial charge in [-0.15, -0.1) is 0 Å². The molecule has 2 unspecified atom stereocenters. The number of methoxy groups -OCH3 is 2. The minimum Gasteiger partial charge on any atom is -0.387 e. The molecule has 0 spiro atoms. The fourth-order valence-corrected chi connectivity index (χ4v) is 6.58. The molecule has 2 aromatic heterocycles. The number of ether oxygens (including phenoxy) is 3. The lowest BCUT2D eigenvalue weighted by molar-refractivity contribution is -0.0503. The zero-order valence-corrected chi connectivity index (χ0v) is 23.1. The van der Waals surface area contributed by atoms with Gasteiger partial charge >= 0.3 is 23.5 Å². The van der Waals surface area contributed by atoms with E-state index < -0.39 is 54.6 Å². The van der Waals surface area contributed by atoms with Crippen LogP contribution in [0.15, 0.2) is 12.7 Å². The maximum absolute atomic E-state index is 12.0. The van der Waals surface area contributed by atoms with Gasteiger partial charge < -0.3 is 48.9 Å². The Morgan fingerprint density at radius 2 is 1.59 bits per heavy atom. The van der Waals surface area contributed by atoms with Crippen molar-refractivity contribution in [3.8, 4) is 0 Å². The largest absolute Gasteiger partial charge is 0.490 e. The molecule has 0 radical (unpaired) electrons. The van der Waals surface area contributed by atoms with Crippen molar-refractivity contribution in [3.05, 3.63) is 12.7 Å². The molecule has 39 heavy (non-hydrogen) atoms. The molecule has 0 aromatic carbocycles. The van der Waals surface area contributed by atoms with E-state index in [9.17, 15) is 33.7 Å². The van der Waals surface area contributed by atoms with Gasteiger partial charge in [0.1, 0.15) is 24.6 Å². The molecule has 222 valence electrons. The molecule has 1 aliphatic heterocycles. The number of aliphatic hydroxyl groups is 2. The normalized spacial score (nSPS) is 25.0. The number of phosphoric ester groups is 1. The van der Waals surface area contributed by atoms with Crippen molar-refractivity contribution in [2.24, 2.45) is 0 Å². The molecule has 23 heteroatoms. The predicted octanol–water partition coefficient (Wildman–Crippen LogP) is -1.11. The minimum absolute atomic E-state index is 0.213. The summed E-state index contributed by atoms with van der Waals surface area (Å²) < 4.78 is 63.1. The van der Waals surface area contributed by atoms with Gasteiger partial charge in [-0.05, 0) is 0 Å². The van der Waals surface area contributed by atoms with Crippen LogP contribution in [0.5, 0.6) is 0 Å². The first-order valence-corrected chi connectivity index (χ1v) is 15.4. The van der Waals surface area contributed by atoms with Gasteiger partial charge in [0.15, 0.2) is 23.2 Å². The lowest BCUT2D eigenvalue weighted by atomic mass is 10.1. The highest BCUT2D eigenvalue weighted by atomic mass is 31.3. The van der Waals surface area contributed by atoms with E-state index in [4.69, 9.17) is 24.0 Å². The van der Waals surface area contributed by atoms with Gasteiger partial charge in [-0.25, -0.2) is 28.6 Å². The van der Waals surface area contributed by atoms with E-state index in [0.29, 0.717) is 37.6 Å². The van der Waals surface area contributed by atoms with Crippen molar-refractivity contribution in [1.82, 2.24) is 19.5 Å². The number of rotatable bonds is 15. The smallest absolute Gasteiger partial charge is 0.387 e. The van der Waals surface area contributed by atoms with Crippen LogP contribution in [0.4, 0.5) is 5.82 Å². The number of fused-ring (bicyclic) bond motifs is 1. The number of hydrogen-bond acceptors (Lipinski definition) is 15. The van der Waals surface area contributed by atoms with Crippen LogP contribution in [-0.4, -0.2) is 115 Å². The molecule has 2 aromatic rings. The molecule has 20 nitrogen and oxygen atoms in total. The zero-order valence-electron chi connectivity index (χ0n) is 20.4. The fraction of sp³-hybridized carbons (Fsp3) is 0.688. The molecule has 1 fully saturated rings. The number of phosphoric acid groups is 3. The first kappa shape index (κ1) is 32.1. The van der Waals surface area contributed by atoms with Gasteiger partial charge in [-0.1, -0.05) is 0 Å². The highest BCUT2D eigenvalue weighted by Gasteiger charge is 2.47. The number of hydrogen-bond donors (Lipinski definition) is 6. The molecule has 1 aliphatic rings. The maximum atomic E-state index is 12.0. The number of imidazole rings is 1. The Labute approximate surface area is 220 Å². The second-order valence-corrected chi connectivity index (χ2v) is 12.3. The zero-order chi connectivity index (χ0) is 29.0. The number of aliphatic hydroxyl groups excluding tert-OH is 2. The molecule has 0 amide bonds. The monoisotopic (exact) mass is 623 g/mol. The van der Waals surface area contributed by atoms with Crippen LogP contribution in [0, 0.1) is 0 Å². The van der Waals surface area contributed by atoms with Crippen LogP contribution < -0.4 is 4.90 Å². The topological polar surface area (TPSA) is 275 Å². The summed E-state index contributed by atoms with van der Waals surface area (Å²) >= 11 is 0. The third kappa shape index (κ3) is 8.53. The summed E-state index contributed by atoms with van der Waals surface area (Å²) in [6.07, 6.45) is -3.57. The average molecular weight is 623 g/mol. The van der Waals surface area contributed by atoms with Crippen LogP contribution in [0.2, 0.25) is 0 Å². The Bertz CT molecular complexity index is 1250. The molecule has 0 bridgehead atoms. The van der Waals surface area contributed by atoms with E-state index >= 15 is 0 Å². The first-order valence-electron chi connectivity index (χ1n) is 10.9. The van der Waals surface area contributed by atoms with Gasteiger partial charge in [-0.3, -0.25) is 9.09 Å². The highest BCUT2D eigenvalue weighted by Crippen LogP contribution is 2.66. The fourth-order valence-electron chi connectivity index (χ4n) is 3.55. The second-order valence-electron chi connectivity index (χ2n) is 7.93. The van der Waals surface area contributed by atoms with Crippen molar-refractivity contribution in [1.29, 1.82) is 0 Å². The van der Waals surface area contributed by atoms with E-state index in [0.717, 1.165) is 0 Å². The summed E-state index contributed by atoms with van der Waals surface area (Å²) in [7, 11) is -13.7. The maximum Gasteiger partial charge on any atom is 0.490 e. The van der Waals surface area contributed by atoms with E-state index in [-0.39, 0.29) is 5.65 Å². The predicted molar refractivity (Wildman–Crippen MR) is 127 cm³/mol. The molecule has 0 saturated carbocycles. The van der Waals surface area contributed by atoms with Gasteiger partial charge in [0.05, 0.1) is 26.1 Å². The summed E-state index contributed by atoms with van der Waals surface area (Å²) in [6.45, 7) is 0.687. The van der Waals surface area contributed by atoms with Crippen molar-refractivity contribution < 1.29 is 70.8 Å². The first-order chi connectivity index (χ1) is 18.2. The molecule has 6 atom stereocenters. The van der Waals surface area contributed by atoms with E-state index in [1.165, 1.54) is 17.2 Å². The van der Waals surface area contributed by atoms with Crippen molar-refractivity contribution in [2.45, 2.75) is 24.5 Å². The summed E-state index contributed by atoms with van der Waals surface area (Å²) in [6, 6.07) is 0. The van der Waals surface area contributed by atoms with Crippen LogP contribution in [-0.2, 0) is 41.1 Å². The van der Waals surface area contributed by atoms with Crippen LogP contribution in [0.25, 0.3) is 11.2 Å². The van der Waals surface area contributed by atoms with Gasteiger partial charge in [0, 0.05) is 27.3 Å². The third-order valence-corrected chi connectivity index (χ3v) is 9.00. The van der Waals surface area contributed by atoms with Crippen LogP contribution in [0.3, 0.4) is 0 Å². The van der Waals surface area contributed by atoms with Crippen molar-refractivity contribution in [3.63, 3.8) is 0 Å². The Balaban J connectivity index is 1.76.